The molecule has 140 valence electrons. The highest BCUT2D eigenvalue weighted by atomic mass is 35.5. The predicted octanol–water partition coefficient (Wildman–Crippen LogP) is 4.51. The smallest absolute Gasteiger partial charge is 0.255 e. The van der Waals surface area contributed by atoms with E-state index in [1.54, 1.807) is 42.5 Å². The summed E-state index contributed by atoms with van der Waals surface area (Å²) in [5.41, 5.74) is 7.19. The van der Waals surface area contributed by atoms with E-state index in [0.29, 0.717) is 22.5 Å². The molecule has 0 saturated heterocycles. The molecule has 5 nitrogen and oxygen atoms in total. The van der Waals surface area contributed by atoms with E-state index >= 15 is 0 Å². The van der Waals surface area contributed by atoms with Gasteiger partial charge in [0.2, 0.25) is 0 Å². The molecule has 0 heterocycles. The normalized spacial score (nSPS) is 10.6. The third kappa shape index (κ3) is 5.64. The van der Waals surface area contributed by atoms with Crippen LogP contribution in [0.2, 0.25) is 5.02 Å². The second kappa shape index (κ2) is 8.92. The number of benzene rings is 2. The van der Waals surface area contributed by atoms with Gasteiger partial charge in [-0.25, -0.2) is 0 Å². The number of halogens is 2. The maximum atomic E-state index is 12.3. The number of carbonyl (C=O) groups excluding carboxylic acids is 2. The standard InChI is InChI=1S/C19H22ClN3O2.ClH/c1-4-19(2,3)23-18(25)15-9-8-14(11-16(15)20)22-17(24)12-6-5-7-13(21)10-12;/h5-11H,4,21H2,1-3H3,(H,22,24)(H,23,25);1H. The summed E-state index contributed by atoms with van der Waals surface area (Å²) in [4.78, 5) is 24.6. The summed E-state index contributed by atoms with van der Waals surface area (Å²) in [5, 5.41) is 5.94. The maximum absolute atomic E-state index is 12.3. The fraction of sp³-hybridized carbons (Fsp3) is 0.263. The molecule has 2 rings (SSSR count). The van der Waals surface area contributed by atoms with Crippen LogP contribution in [0.15, 0.2) is 42.5 Å². The van der Waals surface area contributed by atoms with Crippen molar-refractivity contribution in [2.24, 2.45) is 0 Å². The van der Waals surface area contributed by atoms with Crippen LogP contribution in [-0.2, 0) is 0 Å². The first-order chi connectivity index (χ1) is 11.7. The molecule has 0 saturated carbocycles. The fourth-order valence-corrected chi connectivity index (χ4v) is 2.39. The van der Waals surface area contributed by atoms with E-state index in [-0.39, 0.29) is 34.8 Å². The molecule has 0 spiro atoms. The van der Waals surface area contributed by atoms with Gasteiger partial charge in [-0.3, -0.25) is 9.59 Å². The summed E-state index contributed by atoms with van der Waals surface area (Å²) in [6.45, 7) is 5.88. The predicted molar refractivity (Wildman–Crippen MR) is 109 cm³/mol. The van der Waals surface area contributed by atoms with Gasteiger partial charge in [0, 0.05) is 22.5 Å². The Labute approximate surface area is 164 Å². The summed E-state index contributed by atoms with van der Waals surface area (Å²) in [6.07, 6.45) is 0.796. The Morgan fingerprint density at radius 2 is 1.81 bits per heavy atom. The molecular formula is C19H23Cl2N3O2. The Morgan fingerprint density at radius 1 is 1.12 bits per heavy atom. The van der Waals surface area contributed by atoms with E-state index in [9.17, 15) is 9.59 Å². The summed E-state index contributed by atoms with van der Waals surface area (Å²) < 4.78 is 0. The van der Waals surface area contributed by atoms with Gasteiger partial charge in [0.05, 0.1) is 10.6 Å². The number of carbonyl (C=O) groups is 2. The van der Waals surface area contributed by atoms with Crippen LogP contribution in [0.3, 0.4) is 0 Å². The van der Waals surface area contributed by atoms with Gasteiger partial charge < -0.3 is 16.4 Å². The van der Waals surface area contributed by atoms with E-state index in [4.69, 9.17) is 17.3 Å². The molecule has 0 atom stereocenters. The van der Waals surface area contributed by atoms with Crippen LogP contribution < -0.4 is 16.4 Å². The molecule has 0 aliphatic rings. The Bertz CT molecular complexity index is 807. The monoisotopic (exact) mass is 395 g/mol. The average molecular weight is 396 g/mol. The second-order valence-corrected chi connectivity index (χ2v) is 6.87. The van der Waals surface area contributed by atoms with Gasteiger partial charge in [-0.15, -0.1) is 12.4 Å². The molecule has 4 N–H and O–H groups in total. The average Bonchev–Trinajstić information content (AvgIpc) is 2.54. The lowest BCUT2D eigenvalue weighted by Gasteiger charge is -2.24. The van der Waals surface area contributed by atoms with Gasteiger partial charge >= 0.3 is 0 Å². The van der Waals surface area contributed by atoms with Gasteiger partial charge in [-0.2, -0.15) is 0 Å². The Morgan fingerprint density at radius 3 is 2.38 bits per heavy atom. The number of nitrogen functional groups attached to an aromatic ring is 1. The van der Waals surface area contributed by atoms with E-state index in [0.717, 1.165) is 6.42 Å². The minimum absolute atomic E-state index is 0. The zero-order valence-electron chi connectivity index (χ0n) is 14.9. The molecule has 2 aromatic rings. The van der Waals surface area contributed by atoms with Crippen molar-refractivity contribution in [2.45, 2.75) is 32.7 Å². The van der Waals surface area contributed by atoms with E-state index in [1.165, 1.54) is 0 Å². The van der Waals surface area contributed by atoms with Crippen molar-refractivity contribution in [3.05, 3.63) is 58.6 Å². The first-order valence-electron chi connectivity index (χ1n) is 8.01. The molecule has 2 aromatic carbocycles. The van der Waals surface area contributed by atoms with Crippen molar-refractivity contribution in [1.82, 2.24) is 5.32 Å². The Balaban J connectivity index is 0.00000338. The van der Waals surface area contributed by atoms with Crippen LogP contribution in [0, 0.1) is 0 Å². The molecule has 2 amide bonds. The van der Waals surface area contributed by atoms with Gasteiger partial charge in [-0.05, 0) is 56.7 Å². The number of rotatable bonds is 5. The minimum atomic E-state index is -0.319. The number of amides is 2. The third-order valence-electron chi connectivity index (χ3n) is 3.96. The topological polar surface area (TPSA) is 84.2 Å². The van der Waals surface area contributed by atoms with Gasteiger partial charge in [0.1, 0.15) is 0 Å². The molecule has 0 fully saturated rings. The number of nitrogens with two attached hydrogens (primary N) is 1. The molecule has 7 heteroatoms. The van der Waals surface area contributed by atoms with Crippen LogP contribution in [0.5, 0.6) is 0 Å². The van der Waals surface area contributed by atoms with Crippen LogP contribution in [0.25, 0.3) is 0 Å². The van der Waals surface area contributed by atoms with Crippen LogP contribution in [-0.4, -0.2) is 17.4 Å². The van der Waals surface area contributed by atoms with Crippen molar-refractivity contribution in [3.63, 3.8) is 0 Å². The maximum Gasteiger partial charge on any atom is 0.255 e. The largest absolute Gasteiger partial charge is 0.399 e. The van der Waals surface area contributed by atoms with Crippen LogP contribution in [0.1, 0.15) is 47.9 Å². The first kappa shape index (κ1) is 21.8. The van der Waals surface area contributed by atoms with Crippen molar-refractivity contribution in [2.75, 3.05) is 11.1 Å². The van der Waals surface area contributed by atoms with E-state index in [2.05, 4.69) is 10.6 Å². The van der Waals surface area contributed by atoms with E-state index < -0.39 is 0 Å². The van der Waals surface area contributed by atoms with E-state index in [1.807, 2.05) is 20.8 Å². The SMILES string of the molecule is CCC(C)(C)NC(=O)c1ccc(NC(=O)c2cccc(N)c2)cc1Cl.Cl. The minimum Gasteiger partial charge on any atom is -0.399 e. The third-order valence-corrected chi connectivity index (χ3v) is 4.27. The molecular weight excluding hydrogens is 373 g/mol. The summed E-state index contributed by atoms with van der Waals surface area (Å²) in [7, 11) is 0. The zero-order chi connectivity index (χ0) is 18.6. The highest BCUT2D eigenvalue weighted by molar-refractivity contribution is 6.34. The molecule has 0 radical (unpaired) electrons. The summed E-state index contributed by atoms with van der Waals surface area (Å²) in [5.74, 6) is -0.543. The Hall–Kier alpha value is -2.24. The first-order valence-corrected chi connectivity index (χ1v) is 8.38. The number of anilines is 2. The fourth-order valence-electron chi connectivity index (χ4n) is 2.12. The molecule has 0 bridgehead atoms. The molecule has 26 heavy (non-hydrogen) atoms. The van der Waals surface area contributed by atoms with Crippen molar-refractivity contribution in [3.8, 4) is 0 Å². The van der Waals surface area contributed by atoms with Gasteiger partial charge in [0.15, 0.2) is 0 Å². The molecule has 0 aliphatic heterocycles. The lowest BCUT2D eigenvalue weighted by Crippen LogP contribution is -2.42. The second-order valence-electron chi connectivity index (χ2n) is 6.47. The number of nitrogens with one attached hydrogen (secondary N) is 2. The molecule has 0 aliphatic carbocycles. The molecule has 0 aromatic heterocycles. The van der Waals surface area contributed by atoms with Crippen LogP contribution in [0.4, 0.5) is 11.4 Å². The van der Waals surface area contributed by atoms with Crippen molar-refractivity contribution < 1.29 is 9.59 Å². The lowest BCUT2D eigenvalue weighted by molar-refractivity contribution is 0.0911. The van der Waals surface area contributed by atoms with Gasteiger partial charge in [-0.1, -0.05) is 24.6 Å². The zero-order valence-corrected chi connectivity index (χ0v) is 16.5. The summed E-state index contributed by atoms with van der Waals surface area (Å²) >= 11 is 6.22. The quantitative estimate of drug-likeness (QED) is 0.650. The lowest BCUT2D eigenvalue weighted by atomic mass is 10.0. The highest BCUT2D eigenvalue weighted by Crippen LogP contribution is 2.23. The van der Waals surface area contributed by atoms with Crippen molar-refractivity contribution in [1.29, 1.82) is 0 Å². The number of hydrogen-bond donors (Lipinski definition) is 3. The highest BCUT2D eigenvalue weighted by Gasteiger charge is 2.20. The van der Waals surface area contributed by atoms with Crippen molar-refractivity contribution >= 4 is 47.2 Å². The van der Waals surface area contributed by atoms with Crippen LogP contribution >= 0.6 is 24.0 Å². The molecule has 0 unspecified atom stereocenters. The van der Waals surface area contributed by atoms with Gasteiger partial charge in [0.25, 0.3) is 11.8 Å². The Kier molecular flexibility index (Phi) is 7.48. The summed E-state index contributed by atoms with van der Waals surface area (Å²) in [6, 6.07) is 11.5. The number of hydrogen-bond acceptors (Lipinski definition) is 3.